The van der Waals surface area contributed by atoms with E-state index in [0.29, 0.717) is 18.1 Å². The summed E-state index contributed by atoms with van der Waals surface area (Å²) in [7, 11) is -1.50. The Morgan fingerprint density at radius 1 is 1.60 bits per heavy atom. The fraction of sp³-hybridized carbons (Fsp3) is 0.714. The van der Waals surface area contributed by atoms with E-state index in [-0.39, 0.29) is 12.3 Å². The van der Waals surface area contributed by atoms with Gasteiger partial charge in [-0.2, -0.15) is 0 Å². The predicted molar refractivity (Wildman–Crippen MR) is 57.0 cm³/mol. The third-order valence-corrected chi connectivity index (χ3v) is 3.48. The van der Waals surface area contributed by atoms with E-state index in [0.717, 1.165) is 0 Å². The van der Waals surface area contributed by atoms with Crippen LogP contribution in [0.25, 0.3) is 0 Å². The predicted octanol–water partition coefficient (Wildman–Crippen LogP) is -0.137. The molecule has 1 N–H and O–H groups in total. The van der Waals surface area contributed by atoms with Crippen LogP contribution < -0.4 is 4.72 Å². The Bertz CT molecular complexity index is 403. The van der Waals surface area contributed by atoms with Crippen molar-refractivity contribution in [3.8, 4) is 0 Å². The van der Waals surface area contributed by atoms with Crippen LogP contribution in [0.5, 0.6) is 0 Å². The third-order valence-electron chi connectivity index (χ3n) is 1.80. The van der Waals surface area contributed by atoms with Crippen LogP contribution in [0.1, 0.15) is 12.2 Å². The van der Waals surface area contributed by atoms with Gasteiger partial charge in [-0.25, -0.2) is 13.1 Å². The molecule has 0 aliphatic rings. The highest BCUT2D eigenvalue weighted by molar-refractivity contribution is 7.89. The van der Waals surface area contributed by atoms with Gasteiger partial charge in [0.1, 0.15) is 12.2 Å². The van der Waals surface area contributed by atoms with Gasteiger partial charge in [-0.3, -0.25) is 0 Å². The van der Waals surface area contributed by atoms with Gasteiger partial charge in [-0.1, -0.05) is 0 Å². The molecule has 0 radical (unpaired) electrons. The van der Waals surface area contributed by atoms with Gasteiger partial charge in [0, 0.05) is 12.9 Å². The van der Waals surface area contributed by atoms with Crippen molar-refractivity contribution in [3.05, 3.63) is 12.2 Å². The molecule has 0 fully saturated rings. The van der Waals surface area contributed by atoms with E-state index in [9.17, 15) is 8.42 Å². The highest BCUT2D eigenvalue weighted by Gasteiger charge is 2.10. The van der Waals surface area contributed by atoms with Crippen LogP contribution >= 0.6 is 11.6 Å². The minimum absolute atomic E-state index is 0.0361. The highest BCUT2D eigenvalue weighted by Crippen LogP contribution is 1.95. The molecule has 1 aromatic rings. The Hall–Kier alpha value is -0.660. The average molecular weight is 253 g/mol. The smallest absolute Gasteiger partial charge is 0.212 e. The van der Waals surface area contributed by atoms with Gasteiger partial charge in [0.2, 0.25) is 10.0 Å². The Morgan fingerprint density at radius 3 is 2.87 bits per heavy atom. The summed E-state index contributed by atoms with van der Waals surface area (Å²) in [5, 5.41) is 7.40. The lowest BCUT2D eigenvalue weighted by Crippen LogP contribution is -2.27. The monoisotopic (exact) mass is 252 g/mol. The van der Waals surface area contributed by atoms with Gasteiger partial charge in [0.15, 0.2) is 0 Å². The maximum Gasteiger partial charge on any atom is 0.212 e. The number of halogens is 1. The minimum Gasteiger partial charge on any atom is -0.320 e. The number of aromatic nitrogens is 3. The number of hydrogen-bond donors (Lipinski definition) is 1. The third kappa shape index (κ3) is 4.15. The molecule has 0 amide bonds. The summed E-state index contributed by atoms with van der Waals surface area (Å²) in [6, 6.07) is 0. The van der Waals surface area contributed by atoms with Crippen LogP contribution in [0.2, 0.25) is 0 Å². The van der Waals surface area contributed by atoms with Gasteiger partial charge in [0.25, 0.3) is 0 Å². The lowest BCUT2D eigenvalue weighted by molar-refractivity contribution is 0.576. The van der Waals surface area contributed by atoms with Gasteiger partial charge in [-0.15, -0.1) is 21.8 Å². The molecule has 86 valence electrons. The van der Waals surface area contributed by atoms with Crippen molar-refractivity contribution in [2.24, 2.45) is 7.05 Å². The van der Waals surface area contributed by atoms with E-state index < -0.39 is 10.0 Å². The zero-order valence-corrected chi connectivity index (χ0v) is 9.92. The van der Waals surface area contributed by atoms with Crippen molar-refractivity contribution in [3.63, 3.8) is 0 Å². The second-order valence-corrected chi connectivity index (χ2v) is 5.34. The average Bonchev–Trinajstić information content (AvgIpc) is 2.58. The second kappa shape index (κ2) is 5.43. The number of hydrogen-bond acceptors (Lipinski definition) is 4. The van der Waals surface area contributed by atoms with E-state index >= 15 is 0 Å². The molecule has 0 aromatic carbocycles. The van der Waals surface area contributed by atoms with Crippen molar-refractivity contribution < 1.29 is 8.42 Å². The molecule has 1 heterocycles. The Morgan fingerprint density at radius 2 is 2.33 bits per heavy atom. The van der Waals surface area contributed by atoms with E-state index in [1.807, 2.05) is 0 Å². The van der Waals surface area contributed by atoms with Crippen LogP contribution in [0.4, 0.5) is 0 Å². The van der Waals surface area contributed by atoms with Crippen LogP contribution in [-0.4, -0.2) is 34.8 Å². The molecule has 1 rings (SSSR count). The van der Waals surface area contributed by atoms with Crippen molar-refractivity contribution in [2.45, 2.75) is 13.0 Å². The van der Waals surface area contributed by atoms with Crippen molar-refractivity contribution in [1.82, 2.24) is 19.5 Å². The lowest BCUT2D eigenvalue weighted by Gasteiger charge is -2.04. The van der Waals surface area contributed by atoms with Crippen LogP contribution in [0.3, 0.4) is 0 Å². The summed E-state index contributed by atoms with van der Waals surface area (Å²) in [6.07, 6.45) is 1.96. The van der Waals surface area contributed by atoms with Gasteiger partial charge < -0.3 is 4.57 Å². The summed E-state index contributed by atoms with van der Waals surface area (Å²) < 4.78 is 26.8. The fourth-order valence-electron chi connectivity index (χ4n) is 0.958. The first-order valence-corrected chi connectivity index (χ1v) is 6.60. The standard InChI is InChI=1S/C7H13ClN4O2S/c1-12-6-9-11-7(12)5-10-15(13,14)4-2-3-8/h6,10H,2-5H2,1H3. The summed E-state index contributed by atoms with van der Waals surface area (Å²) >= 11 is 5.41. The van der Waals surface area contributed by atoms with E-state index in [2.05, 4.69) is 14.9 Å². The molecule has 0 aliphatic heterocycles. The molecule has 0 unspecified atom stereocenters. The zero-order chi connectivity index (χ0) is 11.3. The van der Waals surface area contributed by atoms with Crippen molar-refractivity contribution >= 4 is 21.6 Å². The van der Waals surface area contributed by atoms with Crippen LogP contribution in [0.15, 0.2) is 6.33 Å². The number of nitrogens with one attached hydrogen (secondary N) is 1. The molecule has 6 nitrogen and oxygen atoms in total. The quantitative estimate of drug-likeness (QED) is 0.715. The largest absolute Gasteiger partial charge is 0.320 e. The SMILES string of the molecule is Cn1cnnc1CNS(=O)(=O)CCCCl. The van der Waals surface area contributed by atoms with Gasteiger partial charge >= 0.3 is 0 Å². The van der Waals surface area contributed by atoms with E-state index in [1.165, 1.54) is 6.33 Å². The highest BCUT2D eigenvalue weighted by atomic mass is 35.5. The molecule has 8 heteroatoms. The zero-order valence-electron chi connectivity index (χ0n) is 8.35. The molecular weight excluding hydrogens is 240 g/mol. The number of nitrogens with zero attached hydrogens (tertiary/aromatic N) is 3. The fourth-order valence-corrected chi connectivity index (χ4v) is 2.27. The minimum atomic E-state index is -3.25. The van der Waals surface area contributed by atoms with Crippen molar-refractivity contribution in [1.29, 1.82) is 0 Å². The summed E-state index contributed by atoms with van der Waals surface area (Å²) in [4.78, 5) is 0. The number of rotatable bonds is 6. The Labute approximate surface area is 93.7 Å². The summed E-state index contributed by atoms with van der Waals surface area (Å²) in [5.74, 6) is 0.948. The molecule has 0 saturated heterocycles. The summed E-state index contributed by atoms with van der Waals surface area (Å²) in [5.41, 5.74) is 0. The Kier molecular flexibility index (Phi) is 4.49. The lowest BCUT2D eigenvalue weighted by atomic mass is 10.6. The molecule has 1 aromatic heterocycles. The molecule has 0 bridgehead atoms. The maximum atomic E-state index is 11.4. The van der Waals surface area contributed by atoms with Crippen molar-refractivity contribution in [2.75, 3.05) is 11.6 Å². The molecule has 0 aliphatic carbocycles. The number of aryl methyl sites for hydroxylation is 1. The number of alkyl halides is 1. The molecule has 0 spiro atoms. The summed E-state index contributed by atoms with van der Waals surface area (Å²) in [6.45, 7) is 0.154. The number of sulfonamides is 1. The van der Waals surface area contributed by atoms with Crippen LogP contribution in [-0.2, 0) is 23.6 Å². The molecular formula is C7H13ClN4O2S. The van der Waals surface area contributed by atoms with Crippen LogP contribution in [0, 0.1) is 0 Å². The van der Waals surface area contributed by atoms with Gasteiger partial charge in [0.05, 0.1) is 12.3 Å². The first kappa shape index (κ1) is 12.4. The molecule has 15 heavy (non-hydrogen) atoms. The topological polar surface area (TPSA) is 76.9 Å². The second-order valence-electron chi connectivity index (χ2n) is 3.04. The van der Waals surface area contributed by atoms with Gasteiger partial charge in [-0.05, 0) is 6.42 Å². The Balaban J connectivity index is 2.46. The maximum absolute atomic E-state index is 11.4. The first-order valence-electron chi connectivity index (χ1n) is 4.41. The molecule has 0 saturated carbocycles. The first-order chi connectivity index (χ1) is 7.05. The van der Waals surface area contributed by atoms with E-state index in [4.69, 9.17) is 11.6 Å². The molecule has 0 atom stereocenters. The van der Waals surface area contributed by atoms with E-state index in [1.54, 1.807) is 11.6 Å². The normalized spacial score (nSPS) is 11.9.